The Morgan fingerprint density at radius 2 is 2.12 bits per heavy atom. The van der Waals surface area contributed by atoms with Gasteiger partial charge in [0.15, 0.2) is 0 Å². The van der Waals surface area contributed by atoms with E-state index >= 15 is 0 Å². The summed E-state index contributed by atoms with van der Waals surface area (Å²) in [5.41, 5.74) is -0.967. The van der Waals surface area contributed by atoms with Gasteiger partial charge in [0, 0.05) is 6.07 Å². The van der Waals surface area contributed by atoms with Crippen molar-refractivity contribution in [3.05, 3.63) is 32.4 Å². The molecule has 2 heterocycles. The Morgan fingerprint density at radius 3 is 2.80 bits per heavy atom. The lowest BCUT2D eigenvalue weighted by atomic mass is 9.87. The summed E-state index contributed by atoms with van der Waals surface area (Å²) in [7, 11) is 0. The van der Waals surface area contributed by atoms with Crippen LogP contribution in [0.25, 0.3) is 11.1 Å². The molecular formula is C17H20FN3O4. The largest absolute Gasteiger partial charge is 0.403 e. The molecule has 0 saturated heterocycles. The molecule has 0 spiro atoms. The zero-order valence-corrected chi connectivity index (χ0v) is 14.2. The molecule has 0 aromatic carbocycles. The molecule has 1 N–H and O–H groups in total. The average molecular weight is 349 g/mol. The average Bonchev–Trinajstić information content (AvgIpc) is 2.53. The van der Waals surface area contributed by atoms with Gasteiger partial charge in [-0.25, -0.2) is 9.18 Å². The van der Waals surface area contributed by atoms with Crippen LogP contribution in [0.4, 0.5) is 4.39 Å². The van der Waals surface area contributed by atoms with E-state index in [4.69, 9.17) is 9.25 Å². The maximum atomic E-state index is 13.8. The summed E-state index contributed by atoms with van der Waals surface area (Å²) >= 11 is 0. The Morgan fingerprint density at radius 1 is 1.40 bits per heavy atom. The van der Waals surface area contributed by atoms with Crippen LogP contribution in [-0.4, -0.2) is 21.3 Å². The fourth-order valence-corrected chi connectivity index (χ4v) is 2.90. The van der Waals surface area contributed by atoms with Gasteiger partial charge in [0.1, 0.15) is 11.1 Å². The fourth-order valence-electron chi connectivity index (χ4n) is 2.90. The van der Waals surface area contributed by atoms with Crippen LogP contribution in [0.15, 0.2) is 25.2 Å². The number of rotatable bonds is 4. The van der Waals surface area contributed by atoms with E-state index in [9.17, 15) is 14.0 Å². The molecule has 25 heavy (non-hydrogen) atoms. The second-order valence-electron chi connectivity index (χ2n) is 6.55. The van der Waals surface area contributed by atoms with Crippen LogP contribution in [0.2, 0.25) is 0 Å². The van der Waals surface area contributed by atoms with Crippen molar-refractivity contribution >= 4 is 16.8 Å². The monoisotopic (exact) mass is 349 g/mol. The maximum Gasteiger partial charge on any atom is 0.337 e. The number of hydrogen-bond donors (Lipinski definition) is 1. The minimum Gasteiger partial charge on any atom is -0.403 e. The van der Waals surface area contributed by atoms with Gasteiger partial charge in [0.2, 0.25) is 5.71 Å². The number of nitrogens with one attached hydrogen (secondary N) is 1. The van der Waals surface area contributed by atoms with Crippen LogP contribution in [0.1, 0.15) is 51.5 Å². The first-order valence-corrected chi connectivity index (χ1v) is 8.37. The van der Waals surface area contributed by atoms with Gasteiger partial charge in [0.05, 0.1) is 5.71 Å². The molecule has 134 valence electrons. The molecule has 0 bridgehead atoms. The third-order valence-corrected chi connectivity index (χ3v) is 4.33. The Labute approximate surface area is 142 Å². The number of nitrogens with zero attached hydrogens (tertiary/aromatic N) is 2. The highest BCUT2D eigenvalue weighted by Crippen LogP contribution is 2.29. The number of oxime groups is 1. The van der Waals surface area contributed by atoms with Crippen molar-refractivity contribution in [3.8, 4) is 6.01 Å². The van der Waals surface area contributed by atoms with Gasteiger partial charge in [0.25, 0.3) is 5.56 Å². The Kier molecular flexibility index (Phi) is 4.69. The number of H-pyrrole nitrogens is 1. The number of aromatic nitrogens is 2. The summed E-state index contributed by atoms with van der Waals surface area (Å²) in [6.07, 6.45) is 3.08. The predicted molar refractivity (Wildman–Crippen MR) is 90.9 cm³/mol. The van der Waals surface area contributed by atoms with E-state index in [0.29, 0.717) is 43.4 Å². The van der Waals surface area contributed by atoms with Gasteiger partial charge < -0.3 is 9.25 Å². The topological polar surface area (TPSA) is 97.5 Å². The zero-order valence-electron chi connectivity index (χ0n) is 14.2. The van der Waals surface area contributed by atoms with E-state index in [0.717, 1.165) is 6.42 Å². The predicted octanol–water partition coefficient (Wildman–Crippen LogP) is 2.87. The molecule has 0 atom stereocenters. The van der Waals surface area contributed by atoms with E-state index in [-0.39, 0.29) is 17.1 Å². The highest BCUT2D eigenvalue weighted by molar-refractivity contribution is 5.85. The minimum absolute atomic E-state index is 0.0742. The second-order valence-corrected chi connectivity index (χ2v) is 6.55. The zero-order chi connectivity index (χ0) is 18.0. The first-order valence-electron chi connectivity index (χ1n) is 8.37. The lowest BCUT2D eigenvalue weighted by molar-refractivity contribution is 0.156. The summed E-state index contributed by atoms with van der Waals surface area (Å²) in [5.74, 6) is 0. The van der Waals surface area contributed by atoms with Crippen molar-refractivity contribution in [3.63, 3.8) is 0 Å². The first-order chi connectivity index (χ1) is 11.9. The van der Waals surface area contributed by atoms with Crippen LogP contribution in [-0.2, 0) is 6.42 Å². The van der Waals surface area contributed by atoms with Crippen LogP contribution < -0.4 is 16.0 Å². The summed E-state index contributed by atoms with van der Waals surface area (Å²) < 4.78 is 18.8. The third kappa shape index (κ3) is 3.94. The van der Waals surface area contributed by atoms with Gasteiger partial charge in [-0.05, 0) is 44.6 Å². The highest BCUT2D eigenvalue weighted by Gasteiger charge is 2.28. The molecule has 1 saturated carbocycles. The Balaban J connectivity index is 1.89. The van der Waals surface area contributed by atoms with E-state index < -0.39 is 16.9 Å². The molecule has 0 amide bonds. The molecule has 0 unspecified atom stereocenters. The molecule has 1 aliphatic rings. The van der Waals surface area contributed by atoms with Crippen LogP contribution >= 0.6 is 0 Å². The Bertz CT molecular complexity index is 918. The van der Waals surface area contributed by atoms with Gasteiger partial charge in [-0.15, -0.1) is 0 Å². The maximum absolute atomic E-state index is 13.8. The van der Waals surface area contributed by atoms with Crippen LogP contribution in [0.3, 0.4) is 0 Å². The molecule has 0 aliphatic heterocycles. The number of fused-ring (bicyclic) bond motifs is 1. The van der Waals surface area contributed by atoms with E-state index in [2.05, 4.69) is 15.1 Å². The molecule has 8 heteroatoms. The van der Waals surface area contributed by atoms with Crippen LogP contribution in [0, 0.1) is 0 Å². The van der Waals surface area contributed by atoms with Crippen molar-refractivity contribution in [2.75, 3.05) is 0 Å². The van der Waals surface area contributed by atoms with Gasteiger partial charge in [-0.1, -0.05) is 18.5 Å². The summed E-state index contributed by atoms with van der Waals surface area (Å²) in [5, 5.41) is 4.19. The fraction of sp³-hybridized carbons (Fsp3) is 0.529. The molecule has 1 aliphatic carbocycles. The van der Waals surface area contributed by atoms with Crippen molar-refractivity contribution in [2.45, 2.75) is 58.0 Å². The van der Waals surface area contributed by atoms with Gasteiger partial charge >= 0.3 is 11.6 Å². The SMILES string of the molecule is CCCc1cc(=O)oc2nc(ON=C3CCC(C)(F)CC3)[nH]c(=O)c12. The Hall–Kier alpha value is -2.51. The summed E-state index contributed by atoms with van der Waals surface area (Å²) in [6, 6.07) is 1.15. The molecule has 2 aromatic rings. The summed E-state index contributed by atoms with van der Waals surface area (Å²) in [4.78, 5) is 35.7. The van der Waals surface area contributed by atoms with Crippen molar-refractivity contribution in [1.29, 1.82) is 0 Å². The normalized spacial score (nSPS) is 20.7. The lowest BCUT2D eigenvalue weighted by Gasteiger charge is -2.25. The summed E-state index contributed by atoms with van der Waals surface area (Å²) in [6.45, 7) is 3.52. The van der Waals surface area contributed by atoms with Gasteiger partial charge in [-0.3, -0.25) is 9.78 Å². The highest BCUT2D eigenvalue weighted by atomic mass is 19.1. The minimum atomic E-state index is -1.17. The number of alkyl halides is 1. The molecule has 2 aromatic heterocycles. The molecule has 1 fully saturated rings. The third-order valence-electron chi connectivity index (χ3n) is 4.33. The smallest absolute Gasteiger partial charge is 0.337 e. The van der Waals surface area contributed by atoms with Crippen molar-refractivity contribution < 1.29 is 13.6 Å². The molecular weight excluding hydrogens is 329 g/mol. The quantitative estimate of drug-likeness (QED) is 0.856. The number of aromatic amines is 1. The first kappa shape index (κ1) is 17.3. The van der Waals surface area contributed by atoms with E-state index in [1.165, 1.54) is 6.07 Å². The van der Waals surface area contributed by atoms with Crippen molar-refractivity contribution in [1.82, 2.24) is 9.97 Å². The van der Waals surface area contributed by atoms with Crippen molar-refractivity contribution in [2.24, 2.45) is 5.16 Å². The van der Waals surface area contributed by atoms with Crippen LogP contribution in [0.5, 0.6) is 6.01 Å². The van der Waals surface area contributed by atoms with E-state index in [1.807, 2.05) is 6.92 Å². The van der Waals surface area contributed by atoms with E-state index in [1.54, 1.807) is 6.92 Å². The second kappa shape index (κ2) is 6.78. The number of aryl methyl sites for hydroxylation is 1. The molecule has 0 radical (unpaired) electrons. The standard InChI is InChI=1S/C17H20FN3O4/c1-3-4-10-9-12(22)24-15-13(10)14(23)19-16(20-15)25-21-11-5-7-17(2,18)8-6-11/h9H,3-8H2,1-2H3,(H,19,20,23). The number of hydrogen-bond acceptors (Lipinski definition) is 6. The molecule has 3 rings (SSSR count). The number of halogens is 1. The van der Waals surface area contributed by atoms with Gasteiger partial charge in [-0.2, -0.15) is 4.98 Å². The lowest BCUT2D eigenvalue weighted by Crippen LogP contribution is -2.26. The molecule has 7 nitrogen and oxygen atoms in total.